The van der Waals surface area contributed by atoms with E-state index in [-0.39, 0.29) is 5.91 Å². The van der Waals surface area contributed by atoms with Gasteiger partial charge in [0.2, 0.25) is 0 Å². The molecule has 0 saturated carbocycles. The number of benzene rings is 2. The molecule has 5 heteroatoms. The molecule has 27 heavy (non-hydrogen) atoms. The average molecular weight is 373 g/mol. The number of nitrogens with zero attached hydrogens (tertiary/aromatic N) is 2. The van der Waals surface area contributed by atoms with Gasteiger partial charge in [-0.05, 0) is 47.7 Å². The van der Waals surface area contributed by atoms with Gasteiger partial charge in [-0.2, -0.15) is 5.10 Å². The van der Waals surface area contributed by atoms with Crippen molar-refractivity contribution in [2.75, 3.05) is 0 Å². The summed E-state index contributed by atoms with van der Waals surface area (Å²) in [5.41, 5.74) is 4.39. The lowest BCUT2D eigenvalue weighted by atomic mass is 10.2. The van der Waals surface area contributed by atoms with Crippen molar-refractivity contribution in [3.05, 3.63) is 95.0 Å². The highest BCUT2D eigenvalue weighted by Crippen LogP contribution is 2.26. The van der Waals surface area contributed by atoms with Crippen molar-refractivity contribution in [3.63, 3.8) is 0 Å². The molecule has 0 saturated heterocycles. The lowest BCUT2D eigenvalue weighted by Gasteiger charge is -2.09. The van der Waals surface area contributed by atoms with E-state index in [0.29, 0.717) is 12.2 Å². The number of hydrogen-bond donors (Lipinski definition) is 1. The van der Waals surface area contributed by atoms with Crippen LogP contribution < -0.4 is 5.32 Å². The van der Waals surface area contributed by atoms with Crippen LogP contribution in [-0.2, 0) is 6.54 Å². The van der Waals surface area contributed by atoms with E-state index in [2.05, 4.69) is 5.32 Å². The number of carbonyl (C=O) groups excluding carboxylic acids is 1. The predicted octanol–water partition coefficient (Wildman–Crippen LogP) is 4.84. The fraction of sp³-hybridized carbons (Fsp3) is 0.0909. The first-order chi connectivity index (χ1) is 13.2. The van der Waals surface area contributed by atoms with Crippen LogP contribution in [-0.4, -0.2) is 15.7 Å². The lowest BCUT2D eigenvalue weighted by Crippen LogP contribution is -2.25. The molecule has 0 spiro atoms. The summed E-state index contributed by atoms with van der Waals surface area (Å²) in [6.45, 7) is 2.51. The second-order valence-corrected chi connectivity index (χ2v) is 7.26. The molecule has 2 aromatic heterocycles. The molecule has 1 N–H and O–H groups in total. The van der Waals surface area contributed by atoms with Gasteiger partial charge in [-0.15, -0.1) is 11.3 Å². The quantitative estimate of drug-likeness (QED) is 0.544. The van der Waals surface area contributed by atoms with E-state index in [4.69, 9.17) is 5.10 Å². The van der Waals surface area contributed by atoms with Crippen LogP contribution in [0.5, 0.6) is 0 Å². The minimum atomic E-state index is -0.143. The third-order valence-corrected chi connectivity index (χ3v) is 5.15. The van der Waals surface area contributed by atoms with Gasteiger partial charge in [-0.25, -0.2) is 4.68 Å². The fourth-order valence-corrected chi connectivity index (χ4v) is 3.59. The van der Waals surface area contributed by atoms with Gasteiger partial charge in [0.25, 0.3) is 5.91 Å². The number of amides is 1. The number of rotatable bonds is 5. The van der Waals surface area contributed by atoms with Gasteiger partial charge in [0.05, 0.1) is 10.6 Å². The summed E-state index contributed by atoms with van der Waals surface area (Å²) in [5.74, 6) is -0.143. The Morgan fingerprint density at radius 1 is 1.04 bits per heavy atom. The topological polar surface area (TPSA) is 46.9 Å². The Kier molecular flexibility index (Phi) is 4.85. The number of nitrogens with one attached hydrogen (secondary N) is 1. The van der Waals surface area contributed by atoms with Crippen LogP contribution in [0.25, 0.3) is 16.3 Å². The maximum absolute atomic E-state index is 12.9. The third kappa shape index (κ3) is 3.83. The molecule has 4 nitrogen and oxygen atoms in total. The van der Waals surface area contributed by atoms with Crippen LogP contribution in [0.4, 0.5) is 0 Å². The molecule has 0 aliphatic rings. The fourth-order valence-electron chi connectivity index (χ4n) is 2.91. The molecular formula is C22H19N3OS. The number of aromatic nitrogens is 2. The van der Waals surface area contributed by atoms with Gasteiger partial charge < -0.3 is 5.32 Å². The van der Waals surface area contributed by atoms with E-state index < -0.39 is 0 Å². The first kappa shape index (κ1) is 17.2. The van der Waals surface area contributed by atoms with Gasteiger partial charge in [0, 0.05) is 6.54 Å². The Balaban J connectivity index is 1.68. The highest BCUT2D eigenvalue weighted by molar-refractivity contribution is 7.13. The van der Waals surface area contributed by atoms with Crippen LogP contribution in [0, 0.1) is 6.92 Å². The summed E-state index contributed by atoms with van der Waals surface area (Å²) in [6.07, 6.45) is 0. The van der Waals surface area contributed by atoms with Crippen molar-refractivity contribution in [1.82, 2.24) is 15.1 Å². The van der Waals surface area contributed by atoms with Crippen LogP contribution >= 0.6 is 11.3 Å². The molecular weight excluding hydrogens is 354 g/mol. The Morgan fingerprint density at radius 3 is 2.63 bits per heavy atom. The number of thiophene rings is 1. The zero-order valence-corrected chi connectivity index (χ0v) is 15.7. The molecule has 0 unspecified atom stereocenters. The lowest BCUT2D eigenvalue weighted by molar-refractivity contribution is 0.0943. The predicted molar refractivity (Wildman–Crippen MR) is 109 cm³/mol. The normalized spacial score (nSPS) is 10.7. The Labute approximate surface area is 162 Å². The number of carbonyl (C=O) groups is 1. The monoisotopic (exact) mass is 373 g/mol. The largest absolute Gasteiger partial charge is 0.347 e. The molecule has 134 valence electrons. The molecule has 0 bridgehead atoms. The summed E-state index contributed by atoms with van der Waals surface area (Å²) in [4.78, 5) is 14.0. The molecule has 0 aliphatic carbocycles. The van der Waals surface area contributed by atoms with Crippen molar-refractivity contribution in [1.29, 1.82) is 0 Å². The van der Waals surface area contributed by atoms with E-state index in [1.165, 1.54) is 0 Å². The first-order valence-corrected chi connectivity index (χ1v) is 9.62. The SMILES string of the molecule is Cc1cccc(-n2nc(-c3cccs3)cc2C(=O)NCc2ccccc2)c1. The van der Waals surface area contributed by atoms with Crippen molar-refractivity contribution >= 4 is 17.2 Å². The smallest absolute Gasteiger partial charge is 0.270 e. The van der Waals surface area contributed by atoms with Gasteiger partial charge >= 0.3 is 0 Å². The minimum Gasteiger partial charge on any atom is -0.347 e. The molecule has 2 heterocycles. The summed E-state index contributed by atoms with van der Waals surface area (Å²) in [7, 11) is 0. The van der Waals surface area contributed by atoms with Crippen molar-refractivity contribution in [2.24, 2.45) is 0 Å². The summed E-state index contributed by atoms with van der Waals surface area (Å²) >= 11 is 1.61. The van der Waals surface area contributed by atoms with Gasteiger partial charge in [0.1, 0.15) is 11.4 Å². The number of hydrogen-bond acceptors (Lipinski definition) is 3. The van der Waals surface area contributed by atoms with E-state index >= 15 is 0 Å². The second-order valence-electron chi connectivity index (χ2n) is 6.31. The Bertz CT molecular complexity index is 1050. The molecule has 4 rings (SSSR count). The van der Waals surface area contributed by atoms with Gasteiger partial charge in [-0.3, -0.25) is 4.79 Å². The van der Waals surface area contributed by atoms with E-state index in [0.717, 1.165) is 27.4 Å². The maximum atomic E-state index is 12.9. The van der Waals surface area contributed by atoms with Crippen molar-refractivity contribution in [3.8, 4) is 16.3 Å². The Hall–Kier alpha value is -3.18. The van der Waals surface area contributed by atoms with Crippen LogP contribution in [0.1, 0.15) is 21.6 Å². The van der Waals surface area contributed by atoms with Crippen LogP contribution in [0.2, 0.25) is 0 Å². The Morgan fingerprint density at radius 2 is 1.89 bits per heavy atom. The van der Waals surface area contributed by atoms with Crippen LogP contribution in [0.15, 0.2) is 78.2 Å². The van der Waals surface area contributed by atoms with E-state index in [1.54, 1.807) is 16.0 Å². The standard InChI is InChI=1S/C22H19N3OS/c1-16-7-5-10-18(13-16)25-20(14-19(24-25)21-11-6-12-27-21)22(26)23-15-17-8-3-2-4-9-17/h2-14H,15H2,1H3,(H,23,26). The van der Waals surface area contributed by atoms with Crippen molar-refractivity contribution in [2.45, 2.75) is 13.5 Å². The highest BCUT2D eigenvalue weighted by Gasteiger charge is 2.18. The molecule has 0 radical (unpaired) electrons. The average Bonchev–Trinajstić information content (AvgIpc) is 3.36. The molecule has 0 atom stereocenters. The van der Waals surface area contributed by atoms with Gasteiger partial charge in [0.15, 0.2) is 0 Å². The molecule has 2 aromatic carbocycles. The summed E-state index contributed by atoms with van der Waals surface area (Å²) in [6, 6.07) is 23.7. The summed E-state index contributed by atoms with van der Waals surface area (Å²) < 4.78 is 1.72. The third-order valence-electron chi connectivity index (χ3n) is 4.26. The second kappa shape index (κ2) is 7.60. The summed E-state index contributed by atoms with van der Waals surface area (Å²) in [5, 5.41) is 9.72. The number of aryl methyl sites for hydroxylation is 1. The molecule has 4 aromatic rings. The highest BCUT2D eigenvalue weighted by atomic mass is 32.1. The van der Waals surface area contributed by atoms with E-state index in [9.17, 15) is 4.79 Å². The maximum Gasteiger partial charge on any atom is 0.270 e. The molecule has 0 aliphatic heterocycles. The van der Waals surface area contributed by atoms with Crippen molar-refractivity contribution < 1.29 is 4.79 Å². The minimum absolute atomic E-state index is 0.143. The zero-order valence-electron chi connectivity index (χ0n) is 14.9. The van der Waals surface area contributed by atoms with Gasteiger partial charge in [-0.1, -0.05) is 48.5 Å². The molecule has 1 amide bonds. The van der Waals surface area contributed by atoms with E-state index in [1.807, 2.05) is 85.1 Å². The molecule has 0 fully saturated rings. The van der Waals surface area contributed by atoms with Crippen LogP contribution in [0.3, 0.4) is 0 Å². The zero-order chi connectivity index (χ0) is 18.6. The first-order valence-electron chi connectivity index (χ1n) is 8.74.